The predicted octanol–water partition coefficient (Wildman–Crippen LogP) is 2.04. The van der Waals surface area contributed by atoms with Crippen LogP contribution in [-0.4, -0.2) is 37.2 Å². The van der Waals surface area contributed by atoms with Crippen LogP contribution in [0.4, 0.5) is 0 Å². The van der Waals surface area contributed by atoms with Gasteiger partial charge < -0.3 is 4.74 Å². The minimum atomic E-state index is 0.242. The maximum atomic E-state index is 9.04. The Labute approximate surface area is 93.0 Å². The van der Waals surface area contributed by atoms with Gasteiger partial charge in [-0.15, -0.1) is 0 Å². The maximum Gasteiger partial charge on any atom is 0.0672 e. The Kier molecular flexibility index (Phi) is 5.67. The van der Waals surface area contributed by atoms with Crippen molar-refractivity contribution in [1.29, 1.82) is 5.26 Å². The highest BCUT2D eigenvalue weighted by molar-refractivity contribution is 4.97. The van der Waals surface area contributed by atoms with Gasteiger partial charge in [0.1, 0.15) is 0 Å². The molecule has 1 rings (SSSR count). The lowest BCUT2D eigenvalue weighted by Gasteiger charge is -2.29. The van der Waals surface area contributed by atoms with Crippen molar-refractivity contribution in [3.05, 3.63) is 0 Å². The summed E-state index contributed by atoms with van der Waals surface area (Å²) in [6.45, 7) is 7.74. The summed E-state index contributed by atoms with van der Waals surface area (Å²) in [5, 5.41) is 9.04. The Bertz CT molecular complexity index is 212. The average molecular weight is 210 g/mol. The molecule has 1 saturated carbocycles. The third-order valence-electron chi connectivity index (χ3n) is 3.25. The zero-order valence-electron chi connectivity index (χ0n) is 9.91. The van der Waals surface area contributed by atoms with Crippen LogP contribution in [-0.2, 0) is 4.74 Å². The van der Waals surface area contributed by atoms with Gasteiger partial charge in [0.2, 0.25) is 0 Å². The SMILES string of the molecule is CCOCCN(CC)C1CCCC1C#N. The summed E-state index contributed by atoms with van der Waals surface area (Å²) < 4.78 is 5.37. The van der Waals surface area contributed by atoms with Crippen LogP contribution in [0.5, 0.6) is 0 Å². The number of nitrogens with zero attached hydrogens (tertiary/aromatic N) is 2. The summed E-state index contributed by atoms with van der Waals surface area (Å²) in [5.41, 5.74) is 0. The first kappa shape index (κ1) is 12.5. The predicted molar refractivity (Wildman–Crippen MR) is 60.5 cm³/mol. The fourth-order valence-corrected chi connectivity index (χ4v) is 2.41. The number of hydrogen-bond donors (Lipinski definition) is 0. The topological polar surface area (TPSA) is 36.3 Å². The van der Waals surface area contributed by atoms with E-state index in [1.54, 1.807) is 0 Å². The number of hydrogen-bond acceptors (Lipinski definition) is 3. The number of rotatable bonds is 6. The van der Waals surface area contributed by atoms with Crippen LogP contribution in [0.1, 0.15) is 33.1 Å². The van der Waals surface area contributed by atoms with E-state index in [0.29, 0.717) is 6.04 Å². The van der Waals surface area contributed by atoms with Crippen molar-refractivity contribution >= 4 is 0 Å². The summed E-state index contributed by atoms with van der Waals surface area (Å²) in [7, 11) is 0. The first-order valence-corrected chi connectivity index (χ1v) is 6.04. The van der Waals surface area contributed by atoms with Gasteiger partial charge in [0.15, 0.2) is 0 Å². The molecule has 2 unspecified atom stereocenters. The number of nitriles is 1. The molecule has 0 aromatic rings. The van der Waals surface area contributed by atoms with Crippen molar-refractivity contribution in [2.24, 2.45) is 5.92 Å². The van der Waals surface area contributed by atoms with Crippen molar-refractivity contribution in [3.8, 4) is 6.07 Å². The van der Waals surface area contributed by atoms with Gasteiger partial charge in [-0.1, -0.05) is 13.3 Å². The minimum absolute atomic E-state index is 0.242. The Morgan fingerprint density at radius 2 is 2.20 bits per heavy atom. The van der Waals surface area contributed by atoms with Gasteiger partial charge in [0.25, 0.3) is 0 Å². The molecule has 3 nitrogen and oxygen atoms in total. The largest absolute Gasteiger partial charge is 0.380 e. The van der Waals surface area contributed by atoms with E-state index in [2.05, 4.69) is 17.9 Å². The van der Waals surface area contributed by atoms with Gasteiger partial charge in [0, 0.05) is 19.2 Å². The van der Waals surface area contributed by atoms with Crippen LogP contribution in [0.25, 0.3) is 0 Å². The van der Waals surface area contributed by atoms with Gasteiger partial charge in [-0.05, 0) is 26.3 Å². The van der Waals surface area contributed by atoms with Crippen molar-refractivity contribution in [3.63, 3.8) is 0 Å². The summed E-state index contributed by atoms with van der Waals surface area (Å²) in [6.07, 6.45) is 3.46. The fraction of sp³-hybridized carbons (Fsp3) is 0.917. The molecule has 0 saturated heterocycles. The molecule has 1 fully saturated rings. The summed E-state index contributed by atoms with van der Waals surface area (Å²) in [6, 6.07) is 2.91. The normalized spacial score (nSPS) is 25.7. The Balaban J connectivity index is 2.39. The van der Waals surface area contributed by atoms with E-state index in [4.69, 9.17) is 10.00 Å². The smallest absolute Gasteiger partial charge is 0.0672 e. The molecule has 0 aliphatic heterocycles. The van der Waals surface area contributed by atoms with Gasteiger partial charge in [-0.25, -0.2) is 0 Å². The Morgan fingerprint density at radius 1 is 1.40 bits per heavy atom. The molecule has 1 aliphatic rings. The molecule has 0 bridgehead atoms. The molecule has 1 aliphatic carbocycles. The molecule has 0 aromatic heterocycles. The second-order valence-corrected chi connectivity index (χ2v) is 4.06. The molecule has 0 amide bonds. The van der Waals surface area contributed by atoms with E-state index < -0.39 is 0 Å². The average Bonchev–Trinajstić information content (AvgIpc) is 2.72. The molecule has 0 N–H and O–H groups in total. The highest BCUT2D eigenvalue weighted by Gasteiger charge is 2.30. The molecule has 86 valence electrons. The lowest BCUT2D eigenvalue weighted by Crippen LogP contribution is -2.39. The summed E-state index contributed by atoms with van der Waals surface area (Å²) in [4.78, 5) is 2.40. The van der Waals surface area contributed by atoms with Crippen molar-refractivity contribution in [2.45, 2.75) is 39.2 Å². The second kappa shape index (κ2) is 6.81. The van der Waals surface area contributed by atoms with Crippen LogP contribution >= 0.6 is 0 Å². The van der Waals surface area contributed by atoms with Crippen LogP contribution in [0.2, 0.25) is 0 Å². The zero-order valence-corrected chi connectivity index (χ0v) is 9.91. The molecule has 0 heterocycles. The molecule has 0 spiro atoms. The summed E-state index contributed by atoms with van der Waals surface area (Å²) in [5.74, 6) is 0.242. The third kappa shape index (κ3) is 3.48. The van der Waals surface area contributed by atoms with Crippen LogP contribution < -0.4 is 0 Å². The maximum absolute atomic E-state index is 9.04. The Morgan fingerprint density at radius 3 is 2.80 bits per heavy atom. The molecule has 0 aromatic carbocycles. The lowest BCUT2D eigenvalue weighted by atomic mass is 10.0. The number of ether oxygens (including phenoxy) is 1. The zero-order chi connectivity index (χ0) is 11.1. The van der Waals surface area contributed by atoms with Crippen LogP contribution in [0.15, 0.2) is 0 Å². The Hall–Kier alpha value is -0.590. The molecular formula is C12H22N2O. The lowest BCUT2D eigenvalue weighted by molar-refractivity contribution is 0.0918. The minimum Gasteiger partial charge on any atom is -0.380 e. The van der Waals surface area contributed by atoms with Crippen molar-refractivity contribution in [1.82, 2.24) is 4.90 Å². The van der Waals surface area contributed by atoms with E-state index in [1.165, 1.54) is 12.8 Å². The quantitative estimate of drug-likeness (QED) is 0.629. The van der Waals surface area contributed by atoms with Crippen molar-refractivity contribution < 1.29 is 4.74 Å². The van der Waals surface area contributed by atoms with Gasteiger partial charge in [0.05, 0.1) is 18.6 Å². The fourth-order valence-electron chi connectivity index (χ4n) is 2.41. The molecule has 15 heavy (non-hydrogen) atoms. The van der Waals surface area contributed by atoms with Gasteiger partial charge in [-0.3, -0.25) is 4.90 Å². The van der Waals surface area contributed by atoms with E-state index in [-0.39, 0.29) is 5.92 Å². The van der Waals surface area contributed by atoms with E-state index in [1.807, 2.05) is 6.92 Å². The van der Waals surface area contributed by atoms with E-state index in [9.17, 15) is 0 Å². The third-order valence-corrected chi connectivity index (χ3v) is 3.25. The molecule has 3 heteroatoms. The molecule has 0 radical (unpaired) electrons. The van der Waals surface area contributed by atoms with Gasteiger partial charge >= 0.3 is 0 Å². The molecular weight excluding hydrogens is 188 g/mol. The molecule has 2 atom stereocenters. The highest BCUT2D eigenvalue weighted by Crippen LogP contribution is 2.29. The van der Waals surface area contributed by atoms with E-state index in [0.717, 1.165) is 32.7 Å². The van der Waals surface area contributed by atoms with Crippen LogP contribution in [0.3, 0.4) is 0 Å². The second-order valence-electron chi connectivity index (χ2n) is 4.06. The number of likely N-dealkylation sites (N-methyl/N-ethyl adjacent to an activating group) is 1. The van der Waals surface area contributed by atoms with Crippen molar-refractivity contribution in [2.75, 3.05) is 26.3 Å². The first-order chi connectivity index (χ1) is 7.33. The standard InChI is InChI=1S/C12H22N2O/c1-3-14(8-9-15-4-2)12-7-5-6-11(12)10-13/h11-12H,3-9H2,1-2H3. The summed E-state index contributed by atoms with van der Waals surface area (Å²) >= 11 is 0. The monoisotopic (exact) mass is 210 g/mol. The van der Waals surface area contributed by atoms with Crippen LogP contribution in [0, 0.1) is 17.2 Å². The van der Waals surface area contributed by atoms with E-state index >= 15 is 0 Å². The van der Waals surface area contributed by atoms with Gasteiger partial charge in [-0.2, -0.15) is 5.26 Å². The first-order valence-electron chi connectivity index (χ1n) is 6.04. The highest BCUT2D eigenvalue weighted by atomic mass is 16.5.